The molecule has 0 radical (unpaired) electrons. The van der Waals surface area contributed by atoms with Crippen molar-refractivity contribution in [3.8, 4) is 17.2 Å². The lowest BCUT2D eigenvalue weighted by Gasteiger charge is -2.23. The molecule has 168 valence electrons. The van der Waals surface area contributed by atoms with Crippen molar-refractivity contribution >= 4 is 26.7 Å². The van der Waals surface area contributed by atoms with Gasteiger partial charge >= 0.3 is 0 Å². The van der Waals surface area contributed by atoms with Crippen molar-refractivity contribution in [2.75, 3.05) is 25.2 Å². The van der Waals surface area contributed by atoms with Crippen LogP contribution in [0.5, 0.6) is 17.2 Å². The van der Waals surface area contributed by atoms with Crippen LogP contribution in [0.15, 0.2) is 57.7 Å². The molecule has 8 nitrogen and oxygen atoms in total. The number of sulfone groups is 1. The van der Waals surface area contributed by atoms with Gasteiger partial charge in [-0.2, -0.15) is 0 Å². The van der Waals surface area contributed by atoms with Gasteiger partial charge in [-0.25, -0.2) is 8.42 Å². The molecule has 0 saturated carbocycles. The average Bonchev–Trinajstić information content (AvgIpc) is 3.14. The lowest BCUT2D eigenvalue weighted by Crippen LogP contribution is -2.40. The third-order valence-corrected chi connectivity index (χ3v) is 7.21. The number of likely N-dealkylation sites (N-methyl/N-ethyl adjacent to an activating group) is 1. The van der Waals surface area contributed by atoms with E-state index in [4.69, 9.17) is 13.9 Å². The van der Waals surface area contributed by atoms with Crippen LogP contribution in [0.3, 0.4) is 0 Å². The molecule has 2 heterocycles. The van der Waals surface area contributed by atoms with E-state index in [1.54, 1.807) is 56.4 Å². The van der Waals surface area contributed by atoms with E-state index >= 15 is 0 Å². The molecule has 9 heteroatoms. The van der Waals surface area contributed by atoms with E-state index in [0.717, 1.165) is 0 Å². The highest BCUT2D eigenvalue weighted by atomic mass is 32.2. The first kappa shape index (κ1) is 21.9. The van der Waals surface area contributed by atoms with E-state index in [-0.39, 0.29) is 41.2 Å². The molecule has 1 aliphatic heterocycles. The fourth-order valence-electron chi connectivity index (χ4n) is 3.61. The summed E-state index contributed by atoms with van der Waals surface area (Å²) in [5.41, 5.74) is 0.00510. The van der Waals surface area contributed by atoms with Gasteiger partial charge in [0.15, 0.2) is 16.4 Å². The molecule has 0 N–H and O–H groups in total. The van der Waals surface area contributed by atoms with Gasteiger partial charge in [0.1, 0.15) is 22.8 Å². The average molecular weight is 458 g/mol. The summed E-state index contributed by atoms with van der Waals surface area (Å²) in [6.45, 7) is 1.39. The number of aryl methyl sites for hydroxylation is 1. The normalized spacial score (nSPS) is 17.2. The second-order valence-electron chi connectivity index (χ2n) is 7.74. The van der Waals surface area contributed by atoms with E-state index in [2.05, 4.69) is 0 Å². The summed E-state index contributed by atoms with van der Waals surface area (Å²) < 4.78 is 40.4. The Morgan fingerprint density at radius 3 is 2.59 bits per heavy atom. The summed E-state index contributed by atoms with van der Waals surface area (Å²) in [6.07, 6.45) is 0.429. The quantitative estimate of drug-likeness (QED) is 0.561. The predicted molar refractivity (Wildman–Crippen MR) is 119 cm³/mol. The standard InChI is InChI=1S/C23H23NO7S/c1-15-23(31-17-6-4-3-5-7-17)22(26)19-9-8-18(12-20(19)30-15)29-13-21(25)24(2)16-10-11-32(27,28)14-16/h3-9,12,16H,10-11,13-14H2,1-2H3/t16-/m1/s1. The Bertz CT molecular complexity index is 1320. The Labute approximate surface area is 185 Å². The summed E-state index contributed by atoms with van der Waals surface area (Å²) in [7, 11) is -1.51. The minimum Gasteiger partial charge on any atom is -0.484 e. The summed E-state index contributed by atoms with van der Waals surface area (Å²) in [5.74, 6) is 1.06. The molecule has 3 aromatic rings. The Kier molecular flexibility index (Phi) is 5.92. The second-order valence-corrected chi connectivity index (χ2v) is 9.97. The van der Waals surface area contributed by atoms with Crippen LogP contribution in [0.1, 0.15) is 12.2 Å². The van der Waals surface area contributed by atoms with Gasteiger partial charge in [-0.05, 0) is 37.6 Å². The van der Waals surface area contributed by atoms with Crippen LogP contribution in [0.4, 0.5) is 0 Å². The van der Waals surface area contributed by atoms with Crippen molar-refractivity contribution in [1.29, 1.82) is 0 Å². The minimum atomic E-state index is -3.08. The number of fused-ring (bicyclic) bond motifs is 1. The van der Waals surface area contributed by atoms with Crippen molar-refractivity contribution in [3.63, 3.8) is 0 Å². The van der Waals surface area contributed by atoms with Gasteiger partial charge in [0.2, 0.25) is 11.2 Å². The third-order valence-electron chi connectivity index (χ3n) is 5.46. The van der Waals surface area contributed by atoms with Crippen molar-refractivity contribution in [2.24, 2.45) is 0 Å². The van der Waals surface area contributed by atoms with Gasteiger partial charge in [0, 0.05) is 19.2 Å². The summed E-state index contributed by atoms with van der Waals surface area (Å²) in [4.78, 5) is 26.7. The molecule has 1 atom stereocenters. The van der Waals surface area contributed by atoms with Crippen LogP contribution in [0.2, 0.25) is 0 Å². The molecule has 4 rings (SSSR count). The molecular formula is C23H23NO7S. The minimum absolute atomic E-state index is 0.0248. The van der Waals surface area contributed by atoms with E-state index in [0.29, 0.717) is 34.6 Å². The van der Waals surface area contributed by atoms with E-state index in [1.807, 2.05) is 6.07 Å². The fraction of sp³-hybridized carbons (Fsp3) is 0.304. The SMILES string of the molecule is Cc1oc2cc(OCC(=O)N(C)[C@@H]3CCS(=O)(=O)C3)ccc2c(=O)c1Oc1ccccc1. The van der Waals surface area contributed by atoms with Crippen LogP contribution in [0, 0.1) is 6.92 Å². The molecular weight excluding hydrogens is 434 g/mol. The number of hydrogen-bond donors (Lipinski definition) is 0. The highest BCUT2D eigenvalue weighted by Crippen LogP contribution is 2.27. The number of benzene rings is 2. The van der Waals surface area contributed by atoms with Crippen LogP contribution in [-0.4, -0.2) is 50.4 Å². The van der Waals surface area contributed by atoms with Crippen LogP contribution in [-0.2, 0) is 14.6 Å². The number of nitrogens with zero attached hydrogens (tertiary/aromatic N) is 1. The molecule has 32 heavy (non-hydrogen) atoms. The lowest BCUT2D eigenvalue weighted by atomic mass is 10.2. The van der Waals surface area contributed by atoms with Crippen LogP contribution < -0.4 is 14.9 Å². The van der Waals surface area contributed by atoms with Gasteiger partial charge in [-0.1, -0.05) is 18.2 Å². The number of amides is 1. The Morgan fingerprint density at radius 1 is 1.16 bits per heavy atom. The molecule has 0 unspecified atom stereocenters. The Morgan fingerprint density at radius 2 is 1.91 bits per heavy atom. The van der Waals surface area contributed by atoms with Crippen molar-refractivity contribution in [1.82, 2.24) is 4.90 Å². The van der Waals surface area contributed by atoms with Gasteiger partial charge in [-0.15, -0.1) is 0 Å². The van der Waals surface area contributed by atoms with Crippen molar-refractivity contribution < 1.29 is 27.1 Å². The zero-order valence-electron chi connectivity index (χ0n) is 17.7. The zero-order chi connectivity index (χ0) is 22.9. The lowest BCUT2D eigenvalue weighted by molar-refractivity contribution is -0.133. The van der Waals surface area contributed by atoms with E-state index < -0.39 is 9.84 Å². The molecule has 1 aliphatic rings. The first-order chi connectivity index (χ1) is 15.2. The number of hydrogen-bond acceptors (Lipinski definition) is 7. The predicted octanol–water partition coefficient (Wildman–Crippen LogP) is 2.92. The number of carbonyl (C=O) groups excluding carboxylic acids is 1. The number of ether oxygens (including phenoxy) is 2. The van der Waals surface area contributed by atoms with Crippen LogP contribution >= 0.6 is 0 Å². The topological polar surface area (TPSA) is 103 Å². The number of rotatable bonds is 6. The smallest absolute Gasteiger partial charge is 0.260 e. The Balaban J connectivity index is 1.48. The highest BCUT2D eigenvalue weighted by Gasteiger charge is 2.32. The molecule has 0 spiro atoms. The maximum absolute atomic E-state index is 12.9. The van der Waals surface area contributed by atoms with Gasteiger partial charge in [-0.3, -0.25) is 9.59 Å². The van der Waals surface area contributed by atoms with Gasteiger partial charge in [0.25, 0.3) is 5.91 Å². The summed E-state index contributed by atoms with van der Waals surface area (Å²) in [5, 5.41) is 0.327. The molecule has 0 bridgehead atoms. The molecule has 2 aromatic carbocycles. The second kappa shape index (κ2) is 8.66. The van der Waals surface area contributed by atoms with Gasteiger partial charge in [0.05, 0.1) is 16.9 Å². The van der Waals surface area contributed by atoms with E-state index in [9.17, 15) is 18.0 Å². The third kappa shape index (κ3) is 4.62. The number of carbonyl (C=O) groups is 1. The first-order valence-electron chi connectivity index (χ1n) is 10.1. The monoisotopic (exact) mass is 457 g/mol. The van der Waals surface area contributed by atoms with E-state index in [1.165, 1.54) is 4.90 Å². The van der Waals surface area contributed by atoms with Crippen LogP contribution in [0.25, 0.3) is 11.0 Å². The largest absolute Gasteiger partial charge is 0.484 e. The summed E-state index contributed by atoms with van der Waals surface area (Å²) in [6, 6.07) is 13.3. The van der Waals surface area contributed by atoms with Crippen molar-refractivity contribution in [3.05, 3.63) is 64.5 Å². The number of para-hydroxylation sites is 1. The first-order valence-corrected chi connectivity index (χ1v) is 11.9. The summed E-state index contributed by atoms with van der Waals surface area (Å²) >= 11 is 0. The molecule has 1 aromatic heterocycles. The fourth-order valence-corrected chi connectivity index (χ4v) is 5.39. The molecule has 1 saturated heterocycles. The zero-order valence-corrected chi connectivity index (χ0v) is 18.6. The Hall–Kier alpha value is -3.33. The molecule has 1 fully saturated rings. The maximum Gasteiger partial charge on any atom is 0.260 e. The van der Waals surface area contributed by atoms with Gasteiger partial charge < -0.3 is 18.8 Å². The maximum atomic E-state index is 12.9. The molecule has 0 aliphatic carbocycles. The van der Waals surface area contributed by atoms with Crippen molar-refractivity contribution in [2.45, 2.75) is 19.4 Å². The molecule has 1 amide bonds. The highest BCUT2D eigenvalue weighted by molar-refractivity contribution is 7.91.